The summed E-state index contributed by atoms with van der Waals surface area (Å²) in [6.07, 6.45) is 0.724. The lowest BCUT2D eigenvalue weighted by molar-refractivity contribution is -0.121. The third kappa shape index (κ3) is 6.79. The van der Waals surface area contributed by atoms with E-state index in [9.17, 15) is 24.0 Å². The van der Waals surface area contributed by atoms with Gasteiger partial charge in [0.1, 0.15) is 19.0 Å². The topological polar surface area (TPSA) is 150 Å². The minimum Gasteiger partial charge on any atom is -0.427 e. The van der Waals surface area contributed by atoms with E-state index in [-0.39, 0.29) is 41.9 Å². The number of carbonyl (C=O) groups is 1. The minimum atomic E-state index is -3.26. The Morgan fingerprint density at radius 1 is 1.32 bits per heavy atom. The molecule has 0 atom stereocenters. The van der Waals surface area contributed by atoms with E-state index in [2.05, 4.69) is 20.9 Å². The molecule has 31 heavy (non-hydrogen) atoms. The first kappa shape index (κ1) is 23.3. The second kappa shape index (κ2) is 11.3. The van der Waals surface area contributed by atoms with E-state index in [4.69, 9.17) is 10.7 Å². The van der Waals surface area contributed by atoms with Crippen LogP contribution >= 0.6 is 0 Å². The highest BCUT2D eigenvalue weighted by Gasteiger charge is 2.30. The lowest BCUT2D eigenvalue weighted by Crippen LogP contribution is -2.33. The van der Waals surface area contributed by atoms with Gasteiger partial charge >= 0.3 is 0 Å². The number of carbonyl (C=O) groups excluding carboxylic acids is 1. The maximum absolute atomic E-state index is 14.3. The van der Waals surface area contributed by atoms with Crippen LogP contribution in [0.15, 0.2) is 52.6 Å². The van der Waals surface area contributed by atoms with Crippen LogP contribution in [0.2, 0.25) is 0 Å². The number of benzene rings is 1. The van der Waals surface area contributed by atoms with Crippen molar-refractivity contribution < 1.29 is 23.6 Å². The molecular weight excluding hydrogens is 412 g/mol. The second-order valence-electron chi connectivity index (χ2n) is 6.13. The zero-order chi connectivity index (χ0) is 22.7. The van der Waals surface area contributed by atoms with E-state index in [0.29, 0.717) is 4.73 Å². The Morgan fingerprint density at radius 2 is 2.06 bits per heavy atom. The molecular formula is C19H21F2N7O3. The minimum absolute atomic E-state index is 0.00323. The molecule has 0 saturated carbocycles. The van der Waals surface area contributed by atoms with Crippen molar-refractivity contribution >= 4 is 12.2 Å². The number of hydrogen-bond acceptors (Lipinski definition) is 7. The number of pyridine rings is 1. The predicted octanol–water partition coefficient (Wildman–Crippen LogP) is 0.372. The van der Waals surface area contributed by atoms with Gasteiger partial charge in [0.2, 0.25) is 5.91 Å². The number of nitrogens with zero attached hydrogens (tertiary/aromatic N) is 4. The lowest BCUT2D eigenvalue weighted by atomic mass is 10.1. The quantitative estimate of drug-likeness (QED) is 0.106. The predicted molar refractivity (Wildman–Crippen MR) is 106 cm³/mol. The number of nitriles is 1. The molecule has 1 amide bonds. The molecule has 0 spiro atoms. The first-order chi connectivity index (χ1) is 14.9. The van der Waals surface area contributed by atoms with Gasteiger partial charge in [-0.2, -0.15) is 23.9 Å². The molecule has 0 aliphatic rings. The lowest BCUT2D eigenvalue weighted by Gasteiger charge is -2.14. The van der Waals surface area contributed by atoms with Crippen molar-refractivity contribution in [3.63, 3.8) is 0 Å². The van der Waals surface area contributed by atoms with Gasteiger partial charge in [-0.3, -0.25) is 20.1 Å². The van der Waals surface area contributed by atoms with Crippen molar-refractivity contribution in [2.45, 2.75) is 12.3 Å². The fourth-order valence-corrected chi connectivity index (χ4v) is 2.50. The molecule has 0 unspecified atom stereocenters. The summed E-state index contributed by atoms with van der Waals surface area (Å²) < 4.78 is 29.2. The highest BCUT2D eigenvalue weighted by Crippen LogP contribution is 2.27. The fraction of sp³-hybridized carbons (Fsp3) is 0.263. The number of amides is 1. The molecule has 10 nitrogen and oxygen atoms in total. The maximum Gasteiger partial charge on any atom is 0.292 e. The third-order valence-electron chi connectivity index (χ3n) is 4.00. The summed E-state index contributed by atoms with van der Waals surface area (Å²) in [6, 6.07) is 11.5. The molecule has 0 radical (unpaired) electrons. The molecule has 2 rings (SSSR count). The van der Waals surface area contributed by atoms with Crippen LogP contribution in [0, 0.1) is 11.3 Å². The summed E-state index contributed by atoms with van der Waals surface area (Å²) in [7, 11) is 0. The van der Waals surface area contributed by atoms with Crippen molar-refractivity contribution in [2.24, 2.45) is 15.9 Å². The average molecular weight is 433 g/mol. The van der Waals surface area contributed by atoms with Crippen molar-refractivity contribution in [2.75, 3.05) is 19.7 Å². The number of nitrogens with one attached hydrogen (secondary N) is 2. The number of rotatable bonds is 10. The van der Waals surface area contributed by atoms with Crippen LogP contribution in [0.1, 0.15) is 16.8 Å². The summed E-state index contributed by atoms with van der Waals surface area (Å²) in [6.45, 7) is -0.720. The number of halogens is 2. The van der Waals surface area contributed by atoms with Crippen molar-refractivity contribution in [3.8, 4) is 6.07 Å². The molecule has 1 heterocycles. The number of hydrogen-bond donors (Lipinski definition) is 4. The molecule has 1 aromatic heterocycles. The standard InChI is InChI=1S/C19H21F2N7O3/c20-19(21,15-4-2-1-3-5-15)12-25-17-7-6-14(11-22)16(28(17)30)10-18(29)24-8-9-31-27-13-26-23/h1-7,13,30H,8-10,12,23H2,(H,24,29)(H,26,27). The maximum atomic E-state index is 14.3. The highest BCUT2D eigenvalue weighted by molar-refractivity contribution is 5.78. The molecule has 5 N–H and O–H groups in total. The molecule has 0 saturated heterocycles. The number of hydrazone groups is 1. The molecule has 0 aliphatic heterocycles. The van der Waals surface area contributed by atoms with E-state index in [1.54, 1.807) is 6.07 Å². The van der Waals surface area contributed by atoms with Gasteiger partial charge in [0, 0.05) is 12.1 Å². The number of alkyl halides is 2. The highest BCUT2D eigenvalue weighted by atomic mass is 19.3. The Labute approximate surface area is 176 Å². The number of aromatic nitrogens is 1. The third-order valence-corrected chi connectivity index (χ3v) is 4.00. The van der Waals surface area contributed by atoms with Gasteiger partial charge in [-0.05, 0) is 12.1 Å². The summed E-state index contributed by atoms with van der Waals surface area (Å²) in [4.78, 5) is 20.8. The van der Waals surface area contributed by atoms with Gasteiger partial charge in [-0.15, -0.1) is 0 Å². The largest absolute Gasteiger partial charge is 0.427 e. The van der Waals surface area contributed by atoms with Crippen LogP contribution in [0.5, 0.6) is 0 Å². The number of nitrogens with two attached hydrogens (primary N) is 1. The summed E-state index contributed by atoms with van der Waals surface area (Å²) in [5.41, 5.74) is 1.79. The second-order valence-corrected chi connectivity index (χ2v) is 6.13. The molecule has 12 heteroatoms. The van der Waals surface area contributed by atoms with Crippen molar-refractivity contribution in [3.05, 3.63) is 64.8 Å². The molecule has 1 aromatic carbocycles. The van der Waals surface area contributed by atoms with Crippen LogP contribution in [-0.2, 0) is 22.0 Å². The zero-order valence-electron chi connectivity index (χ0n) is 16.3. The number of hydroxylamine groups is 1. The first-order valence-corrected chi connectivity index (χ1v) is 9.03. The van der Waals surface area contributed by atoms with E-state index < -0.39 is 18.4 Å². The van der Waals surface area contributed by atoms with Gasteiger partial charge in [-0.1, -0.05) is 30.3 Å². The van der Waals surface area contributed by atoms with Gasteiger partial charge in [0.05, 0.1) is 24.3 Å². The van der Waals surface area contributed by atoms with Crippen LogP contribution < -0.4 is 22.1 Å². The summed E-state index contributed by atoms with van der Waals surface area (Å²) >= 11 is 0. The van der Waals surface area contributed by atoms with Gasteiger partial charge in [0.25, 0.3) is 5.92 Å². The molecule has 164 valence electrons. The van der Waals surface area contributed by atoms with E-state index in [1.807, 2.05) is 6.07 Å². The van der Waals surface area contributed by atoms with Crippen molar-refractivity contribution in [1.82, 2.24) is 15.5 Å². The molecule has 2 aromatic rings. The van der Waals surface area contributed by atoms with Crippen molar-refractivity contribution in [1.29, 1.82) is 5.26 Å². The molecule has 0 fully saturated rings. The normalized spacial score (nSPS) is 12.0. The fourth-order valence-electron chi connectivity index (χ4n) is 2.50. The van der Waals surface area contributed by atoms with E-state index >= 15 is 0 Å². The SMILES string of the molecule is N#Cc1ccc(=NCC(F)(F)c2ccccc2)n(O)c1CC(=O)NCCONC=NN. The molecule has 0 bridgehead atoms. The molecule has 0 aliphatic carbocycles. The van der Waals surface area contributed by atoms with Gasteiger partial charge in [-0.25, -0.2) is 0 Å². The Hall–Kier alpha value is -3.98. The first-order valence-electron chi connectivity index (χ1n) is 9.03. The Morgan fingerprint density at radius 3 is 2.74 bits per heavy atom. The zero-order valence-corrected chi connectivity index (χ0v) is 16.3. The Kier molecular flexibility index (Phi) is 8.47. The van der Waals surface area contributed by atoms with Gasteiger partial charge in [0.15, 0.2) is 5.49 Å². The van der Waals surface area contributed by atoms with Crippen LogP contribution in [-0.4, -0.2) is 41.9 Å². The average Bonchev–Trinajstić information content (AvgIpc) is 2.77. The van der Waals surface area contributed by atoms with Crippen LogP contribution in [0.4, 0.5) is 8.78 Å². The summed E-state index contributed by atoms with van der Waals surface area (Å²) in [5.74, 6) is 1.07. The summed E-state index contributed by atoms with van der Waals surface area (Å²) in [5, 5.41) is 25.3. The van der Waals surface area contributed by atoms with E-state index in [0.717, 1.165) is 6.34 Å². The van der Waals surface area contributed by atoms with E-state index in [1.165, 1.54) is 36.4 Å². The monoisotopic (exact) mass is 433 g/mol. The Bertz CT molecular complexity index is 1020. The van der Waals surface area contributed by atoms with Crippen LogP contribution in [0.25, 0.3) is 0 Å². The van der Waals surface area contributed by atoms with Gasteiger partial charge < -0.3 is 16.4 Å². The van der Waals surface area contributed by atoms with Crippen LogP contribution in [0.3, 0.4) is 0 Å². The Balaban J connectivity index is 2.12. The smallest absolute Gasteiger partial charge is 0.292 e.